The molecule has 2 heterocycles. The Morgan fingerprint density at radius 3 is 2.60 bits per heavy atom. The minimum absolute atomic E-state index is 0.580. The van der Waals surface area contributed by atoms with E-state index in [2.05, 4.69) is 63.0 Å². The molecule has 1 aliphatic rings. The zero-order valence-electron chi connectivity index (χ0n) is 16.5. The molecular formula is C18H35N7. The number of aromatic nitrogens is 3. The average molecular weight is 350 g/mol. The summed E-state index contributed by atoms with van der Waals surface area (Å²) in [5, 5.41) is 15.4. The molecule has 1 aromatic rings. The third-order valence-electron chi connectivity index (χ3n) is 4.79. The third kappa shape index (κ3) is 5.70. The van der Waals surface area contributed by atoms with Gasteiger partial charge in [0.2, 0.25) is 0 Å². The topological polar surface area (TPSA) is 70.4 Å². The Kier molecular flexibility index (Phi) is 7.68. The molecule has 1 aliphatic heterocycles. The fraction of sp³-hybridized carbons (Fsp3) is 0.833. The minimum atomic E-state index is 0.580. The Morgan fingerprint density at radius 1 is 1.16 bits per heavy atom. The second-order valence-electron chi connectivity index (χ2n) is 7.27. The van der Waals surface area contributed by atoms with Crippen LogP contribution in [0, 0.1) is 0 Å². The number of fused-ring (bicyclic) bond motifs is 1. The van der Waals surface area contributed by atoms with Crippen LogP contribution in [-0.4, -0.2) is 57.8 Å². The molecule has 0 spiro atoms. The van der Waals surface area contributed by atoms with E-state index < -0.39 is 0 Å². The molecule has 2 N–H and O–H groups in total. The molecule has 7 nitrogen and oxygen atoms in total. The van der Waals surface area contributed by atoms with E-state index in [1.165, 1.54) is 12.8 Å². The van der Waals surface area contributed by atoms with Gasteiger partial charge in [-0.15, -0.1) is 10.2 Å². The highest BCUT2D eigenvalue weighted by Gasteiger charge is 2.16. The van der Waals surface area contributed by atoms with Crippen LogP contribution in [0.1, 0.15) is 58.6 Å². The van der Waals surface area contributed by atoms with Crippen LogP contribution >= 0.6 is 0 Å². The minimum Gasteiger partial charge on any atom is -0.356 e. The van der Waals surface area contributed by atoms with Gasteiger partial charge in [-0.25, -0.2) is 0 Å². The number of nitrogens with zero attached hydrogens (tertiary/aromatic N) is 5. The Labute approximate surface area is 152 Å². The molecule has 0 atom stereocenters. The molecule has 0 aliphatic carbocycles. The SMILES string of the molecule is CN=C(NCCCN(C(C)C)C(C)C)NCc1nnc2n1CCCC2. The summed E-state index contributed by atoms with van der Waals surface area (Å²) in [6.07, 6.45) is 4.57. The van der Waals surface area contributed by atoms with E-state index >= 15 is 0 Å². The van der Waals surface area contributed by atoms with E-state index in [0.717, 1.165) is 50.1 Å². The van der Waals surface area contributed by atoms with Crippen molar-refractivity contribution in [3.8, 4) is 0 Å². The zero-order chi connectivity index (χ0) is 18.2. The van der Waals surface area contributed by atoms with Gasteiger partial charge < -0.3 is 15.2 Å². The number of aliphatic imine (C=N–C) groups is 1. The molecule has 7 heteroatoms. The Morgan fingerprint density at radius 2 is 1.92 bits per heavy atom. The van der Waals surface area contributed by atoms with Crippen molar-refractivity contribution < 1.29 is 0 Å². The third-order valence-corrected chi connectivity index (χ3v) is 4.79. The van der Waals surface area contributed by atoms with Crippen LogP contribution in [0.15, 0.2) is 4.99 Å². The van der Waals surface area contributed by atoms with Gasteiger partial charge in [-0.2, -0.15) is 0 Å². The van der Waals surface area contributed by atoms with Gasteiger partial charge >= 0.3 is 0 Å². The van der Waals surface area contributed by atoms with Crippen molar-refractivity contribution in [3.63, 3.8) is 0 Å². The molecule has 0 saturated heterocycles. The number of aryl methyl sites for hydroxylation is 1. The molecule has 25 heavy (non-hydrogen) atoms. The molecule has 0 bridgehead atoms. The molecule has 1 aromatic heterocycles. The standard InChI is InChI=1S/C18H35N7/c1-14(2)24(15(3)4)12-8-10-20-18(19-5)21-13-17-23-22-16-9-6-7-11-25(16)17/h14-15H,6-13H2,1-5H3,(H2,19,20,21). The molecule has 0 unspecified atom stereocenters. The van der Waals surface area contributed by atoms with Gasteiger partial charge in [0.1, 0.15) is 5.82 Å². The first-order valence-corrected chi connectivity index (χ1v) is 9.64. The van der Waals surface area contributed by atoms with Gasteiger partial charge in [0.05, 0.1) is 6.54 Å². The van der Waals surface area contributed by atoms with E-state index in [0.29, 0.717) is 18.6 Å². The van der Waals surface area contributed by atoms with Gasteiger partial charge in [0.15, 0.2) is 11.8 Å². The van der Waals surface area contributed by atoms with Crippen molar-refractivity contribution in [1.82, 2.24) is 30.3 Å². The molecule has 142 valence electrons. The summed E-state index contributed by atoms with van der Waals surface area (Å²) in [4.78, 5) is 6.82. The number of nitrogens with one attached hydrogen (secondary N) is 2. The zero-order valence-corrected chi connectivity index (χ0v) is 16.5. The highest BCUT2D eigenvalue weighted by atomic mass is 15.3. The van der Waals surface area contributed by atoms with Crippen LogP contribution in [0.3, 0.4) is 0 Å². The second-order valence-corrected chi connectivity index (χ2v) is 7.27. The monoisotopic (exact) mass is 349 g/mol. The highest BCUT2D eigenvalue weighted by molar-refractivity contribution is 5.79. The summed E-state index contributed by atoms with van der Waals surface area (Å²) in [6, 6.07) is 1.16. The summed E-state index contributed by atoms with van der Waals surface area (Å²) in [6.45, 7) is 12.7. The molecular weight excluding hydrogens is 314 g/mol. The molecule has 0 saturated carbocycles. The lowest BCUT2D eigenvalue weighted by molar-refractivity contribution is 0.173. The van der Waals surface area contributed by atoms with Crippen LogP contribution < -0.4 is 10.6 Å². The Bertz CT molecular complexity index is 540. The van der Waals surface area contributed by atoms with Crippen LogP contribution in [0.25, 0.3) is 0 Å². The van der Waals surface area contributed by atoms with Crippen molar-refractivity contribution >= 4 is 5.96 Å². The molecule has 2 rings (SSSR count). The summed E-state index contributed by atoms with van der Waals surface area (Å²) < 4.78 is 2.24. The lowest BCUT2D eigenvalue weighted by Crippen LogP contribution is -2.41. The predicted molar refractivity (Wildman–Crippen MR) is 103 cm³/mol. The summed E-state index contributed by atoms with van der Waals surface area (Å²) >= 11 is 0. The number of hydrogen-bond acceptors (Lipinski definition) is 4. The lowest BCUT2D eigenvalue weighted by Gasteiger charge is -2.30. The van der Waals surface area contributed by atoms with E-state index in [1.807, 2.05) is 7.05 Å². The van der Waals surface area contributed by atoms with Crippen molar-refractivity contribution in [2.45, 2.75) is 78.6 Å². The largest absolute Gasteiger partial charge is 0.356 e. The first-order valence-electron chi connectivity index (χ1n) is 9.64. The van der Waals surface area contributed by atoms with Crippen LogP contribution in [-0.2, 0) is 19.5 Å². The first-order chi connectivity index (χ1) is 12.0. The maximum absolute atomic E-state index is 4.32. The normalized spacial score (nSPS) is 15.1. The van der Waals surface area contributed by atoms with Crippen molar-refractivity contribution in [3.05, 3.63) is 11.6 Å². The fourth-order valence-electron chi connectivity index (χ4n) is 3.46. The maximum atomic E-state index is 4.32. The Balaban J connectivity index is 1.73. The summed E-state index contributed by atoms with van der Waals surface area (Å²) in [5.41, 5.74) is 0. The van der Waals surface area contributed by atoms with Gasteiger partial charge in [-0.1, -0.05) is 0 Å². The van der Waals surface area contributed by atoms with Gasteiger partial charge in [-0.05, 0) is 47.0 Å². The average Bonchev–Trinajstić information content (AvgIpc) is 3.00. The van der Waals surface area contributed by atoms with Gasteiger partial charge in [0.25, 0.3) is 0 Å². The van der Waals surface area contributed by atoms with Crippen molar-refractivity contribution in [2.24, 2.45) is 4.99 Å². The van der Waals surface area contributed by atoms with Crippen LogP contribution in [0.4, 0.5) is 0 Å². The fourth-order valence-corrected chi connectivity index (χ4v) is 3.46. The number of rotatable bonds is 8. The molecule has 0 aromatic carbocycles. The van der Waals surface area contributed by atoms with E-state index in [9.17, 15) is 0 Å². The molecule has 0 radical (unpaired) electrons. The maximum Gasteiger partial charge on any atom is 0.191 e. The van der Waals surface area contributed by atoms with E-state index in [4.69, 9.17) is 0 Å². The molecule has 0 fully saturated rings. The summed E-state index contributed by atoms with van der Waals surface area (Å²) in [5.74, 6) is 2.95. The van der Waals surface area contributed by atoms with Gasteiger partial charge in [-0.3, -0.25) is 9.89 Å². The number of guanidine groups is 1. The van der Waals surface area contributed by atoms with Gasteiger partial charge in [0, 0.05) is 45.2 Å². The second kappa shape index (κ2) is 9.75. The lowest BCUT2D eigenvalue weighted by atomic mass is 10.2. The van der Waals surface area contributed by atoms with Crippen LogP contribution in [0.5, 0.6) is 0 Å². The Hall–Kier alpha value is -1.63. The highest BCUT2D eigenvalue weighted by Crippen LogP contribution is 2.13. The van der Waals surface area contributed by atoms with Crippen LogP contribution in [0.2, 0.25) is 0 Å². The summed E-state index contributed by atoms with van der Waals surface area (Å²) in [7, 11) is 1.81. The smallest absolute Gasteiger partial charge is 0.191 e. The van der Waals surface area contributed by atoms with E-state index in [1.54, 1.807) is 0 Å². The van der Waals surface area contributed by atoms with Crippen molar-refractivity contribution in [1.29, 1.82) is 0 Å². The first kappa shape index (κ1) is 19.7. The quantitative estimate of drug-likeness (QED) is 0.425. The van der Waals surface area contributed by atoms with E-state index in [-0.39, 0.29) is 0 Å². The number of hydrogen-bond donors (Lipinski definition) is 2. The predicted octanol–water partition coefficient (Wildman–Crippen LogP) is 1.79. The molecule has 0 amide bonds. The van der Waals surface area contributed by atoms with Crippen molar-refractivity contribution in [2.75, 3.05) is 20.1 Å².